The molecule has 3 N–H and O–H groups in total. The SMILES string of the molecule is CCOC(=O)C(C#N)=c1sc(=CNc2ccc(F)c(NC(=O)NCCCN(C)C)c2)c(=O)n1CC. The predicted molar refractivity (Wildman–Crippen MR) is 134 cm³/mol. The van der Waals surface area contributed by atoms with Crippen LogP contribution in [0.25, 0.3) is 11.8 Å². The lowest BCUT2D eigenvalue weighted by atomic mass is 10.2. The molecule has 2 aromatic rings. The zero-order chi connectivity index (χ0) is 26.0. The highest BCUT2D eigenvalue weighted by molar-refractivity contribution is 7.07. The number of anilines is 2. The van der Waals surface area contributed by atoms with Crippen molar-refractivity contribution in [3.63, 3.8) is 0 Å². The molecule has 10 nitrogen and oxygen atoms in total. The van der Waals surface area contributed by atoms with Gasteiger partial charge < -0.3 is 25.6 Å². The van der Waals surface area contributed by atoms with Crippen LogP contribution in [0.4, 0.5) is 20.6 Å². The molecule has 0 spiro atoms. The van der Waals surface area contributed by atoms with E-state index >= 15 is 0 Å². The molecule has 2 rings (SSSR count). The molecule has 0 atom stereocenters. The number of aromatic nitrogens is 1. The molecule has 0 aliphatic rings. The van der Waals surface area contributed by atoms with E-state index in [1.54, 1.807) is 13.8 Å². The molecule has 35 heavy (non-hydrogen) atoms. The van der Waals surface area contributed by atoms with E-state index in [9.17, 15) is 24.0 Å². The van der Waals surface area contributed by atoms with Gasteiger partial charge in [-0.15, -0.1) is 11.3 Å². The molecule has 1 aromatic heterocycles. The van der Waals surface area contributed by atoms with Gasteiger partial charge in [0, 0.05) is 25.0 Å². The predicted octanol–water partition coefficient (Wildman–Crippen LogP) is 1.23. The van der Waals surface area contributed by atoms with Gasteiger partial charge in [0.25, 0.3) is 5.56 Å². The Morgan fingerprint density at radius 3 is 2.69 bits per heavy atom. The third kappa shape index (κ3) is 7.66. The van der Waals surface area contributed by atoms with Crippen LogP contribution in [0.1, 0.15) is 20.3 Å². The summed E-state index contributed by atoms with van der Waals surface area (Å²) >= 11 is 0.963. The fourth-order valence-electron chi connectivity index (χ4n) is 3.00. The zero-order valence-corrected chi connectivity index (χ0v) is 20.9. The molecule has 0 unspecified atom stereocenters. The molecule has 1 aromatic carbocycles. The van der Waals surface area contributed by atoms with Crippen LogP contribution in [0.2, 0.25) is 0 Å². The number of nitrogens with one attached hydrogen (secondary N) is 3. The Morgan fingerprint density at radius 2 is 2.06 bits per heavy atom. The van der Waals surface area contributed by atoms with Gasteiger partial charge in [-0.2, -0.15) is 5.26 Å². The smallest absolute Gasteiger partial charge is 0.351 e. The molecular weight excluding hydrogens is 475 g/mol. The van der Waals surface area contributed by atoms with Gasteiger partial charge in [-0.25, -0.2) is 14.0 Å². The van der Waals surface area contributed by atoms with Crippen molar-refractivity contribution in [1.29, 1.82) is 5.26 Å². The van der Waals surface area contributed by atoms with Crippen LogP contribution in [-0.2, 0) is 16.1 Å². The van der Waals surface area contributed by atoms with Crippen molar-refractivity contribution in [2.45, 2.75) is 26.8 Å². The summed E-state index contributed by atoms with van der Waals surface area (Å²) in [6, 6.07) is 5.31. The Bertz CT molecular complexity index is 1280. The number of amides is 2. The van der Waals surface area contributed by atoms with Crippen molar-refractivity contribution in [2.24, 2.45) is 0 Å². The van der Waals surface area contributed by atoms with E-state index in [2.05, 4.69) is 16.0 Å². The minimum Gasteiger partial charge on any atom is -0.462 e. The highest BCUT2D eigenvalue weighted by atomic mass is 32.1. The minimum absolute atomic E-state index is 0.0336. The number of carbonyl (C=O) groups is 2. The molecule has 0 saturated carbocycles. The van der Waals surface area contributed by atoms with E-state index in [0.717, 1.165) is 24.3 Å². The minimum atomic E-state index is -0.799. The average Bonchev–Trinajstić information content (AvgIpc) is 3.12. The van der Waals surface area contributed by atoms with Crippen molar-refractivity contribution in [3.05, 3.63) is 43.6 Å². The van der Waals surface area contributed by atoms with E-state index in [-0.39, 0.29) is 33.6 Å². The van der Waals surface area contributed by atoms with Crippen molar-refractivity contribution in [1.82, 2.24) is 14.8 Å². The summed E-state index contributed by atoms with van der Waals surface area (Å²) in [6.07, 6.45) is 2.15. The van der Waals surface area contributed by atoms with Crippen LogP contribution in [-0.4, -0.2) is 55.3 Å². The van der Waals surface area contributed by atoms with E-state index in [1.165, 1.54) is 29.0 Å². The summed E-state index contributed by atoms with van der Waals surface area (Å²) in [5.74, 6) is -1.42. The monoisotopic (exact) mass is 504 g/mol. The van der Waals surface area contributed by atoms with Gasteiger partial charge in [-0.3, -0.25) is 9.36 Å². The van der Waals surface area contributed by atoms with Gasteiger partial charge in [0.2, 0.25) is 0 Å². The molecule has 1 heterocycles. The van der Waals surface area contributed by atoms with Gasteiger partial charge in [0.1, 0.15) is 21.1 Å². The number of rotatable bonds is 10. The van der Waals surface area contributed by atoms with Crippen molar-refractivity contribution in [3.8, 4) is 6.07 Å². The topological polar surface area (TPSA) is 128 Å². The number of halogens is 1. The van der Waals surface area contributed by atoms with Crippen LogP contribution >= 0.6 is 11.3 Å². The summed E-state index contributed by atoms with van der Waals surface area (Å²) < 4.78 is 20.9. The van der Waals surface area contributed by atoms with Crippen LogP contribution < -0.4 is 30.7 Å². The normalized spacial score (nSPS) is 12.2. The van der Waals surface area contributed by atoms with Crippen LogP contribution in [0.15, 0.2) is 23.0 Å². The standard InChI is InChI=1S/C23H29FN6O4S/c1-5-30-20(31)19(35-21(30)16(13-25)22(32)34-6-2)14-27-15-8-9-17(24)18(12-15)28-23(33)26-10-7-11-29(3)4/h8-9,12,14,27H,5-7,10-11H2,1-4H3,(H2,26,28,33). The van der Waals surface area contributed by atoms with Gasteiger partial charge in [-0.05, 0) is 59.1 Å². The lowest BCUT2D eigenvalue weighted by molar-refractivity contribution is -0.136. The highest BCUT2D eigenvalue weighted by Gasteiger charge is 2.16. The summed E-state index contributed by atoms with van der Waals surface area (Å²) in [5, 5.41) is 17.5. The van der Waals surface area contributed by atoms with E-state index in [1.807, 2.05) is 25.1 Å². The number of hydrogen-bond donors (Lipinski definition) is 3. The number of hydrogen-bond acceptors (Lipinski definition) is 8. The molecule has 2 amide bonds. The second-order valence-electron chi connectivity index (χ2n) is 7.55. The zero-order valence-electron chi connectivity index (χ0n) is 20.1. The first-order valence-corrected chi connectivity index (χ1v) is 11.8. The number of carbonyl (C=O) groups excluding carboxylic acids is 2. The van der Waals surface area contributed by atoms with Crippen molar-refractivity contribution >= 4 is 46.5 Å². The molecule has 0 radical (unpaired) electrons. The number of nitrogens with zero attached hydrogens (tertiary/aromatic N) is 3. The van der Waals surface area contributed by atoms with Crippen LogP contribution in [0.5, 0.6) is 0 Å². The highest BCUT2D eigenvalue weighted by Crippen LogP contribution is 2.19. The Labute approximate surface area is 206 Å². The van der Waals surface area contributed by atoms with Gasteiger partial charge >= 0.3 is 12.0 Å². The van der Waals surface area contributed by atoms with Crippen molar-refractivity contribution in [2.75, 3.05) is 44.4 Å². The fourth-order valence-corrected chi connectivity index (χ4v) is 4.08. The first kappa shape index (κ1) is 27.6. The van der Waals surface area contributed by atoms with E-state index in [0.29, 0.717) is 12.2 Å². The maximum atomic E-state index is 14.2. The first-order chi connectivity index (χ1) is 16.7. The molecule has 0 saturated heterocycles. The molecule has 188 valence electrons. The maximum absolute atomic E-state index is 14.2. The molecule has 0 aliphatic heterocycles. The summed E-state index contributed by atoms with van der Waals surface area (Å²) in [5.41, 5.74) is -0.259. The van der Waals surface area contributed by atoms with Gasteiger partial charge in [-0.1, -0.05) is 0 Å². The summed E-state index contributed by atoms with van der Waals surface area (Å²) in [6.45, 7) is 4.94. The third-order valence-corrected chi connectivity index (χ3v) is 5.81. The Kier molecular flexibility index (Phi) is 10.4. The molecular formula is C23H29FN6O4S. The van der Waals surface area contributed by atoms with Crippen LogP contribution in [0.3, 0.4) is 0 Å². The summed E-state index contributed by atoms with van der Waals surface area (Å²) in [4.78, 5) is 39.0. The van der Waals surface area contributed by atoms with Gasteiger partial charge in [0.05, 0.1) is 12.3 Å². The average molecular weight is 505 g/mol. The number of benzene rings is 1. The Hall–Kier alpha value is -3.69. The summed E-state index contributed by atoms with van der Waals surface area (Å²) in [7, 11) is 3.86. The Morgan fingerprint density at radius 1 is 1.31 bits per heavy atom. The molecule has 0 aliphatic carbocycles. The van der Waals surface area contributed by atoms with Crippen LogP contribution in [0, 0.1) is 17.1 Å². The number of ether oxygens (including phenoxy) is 1. The second-order valence-corrected chi connectivity index (χ2v) is 8.58. The maximum Gasteiger partial charge on any atom is 0.351 e. The fraction of sp³-hybridized carbons (Fsp3) is 0.391. The lowest BCUT2D eigenvalue weighted by Gasteiger charge is -2.12. The number of thiazole rings is 1. The molecule has 12 heteroatoms. The second kappa shape index (κ2) is 13.3. The first-order valence-electron chi connectivity index (χ1n) is 11.0. The van der Waals surface area contributed by atoms with E-state index in [4.69, 9.17) is 4.74 Å². The molecule has 0 bridgehead atoms. The lowest BCUT2D eigenvalue weighted by Crippen LogP contribution is -2.32. The Balaban J connectivity index is 2.27. The number of esters is 1. The van der Waals surface area contributed by atoms with E-state index < -0.39 is 23.4 Å². The number of nitriles is 1. The van der Waals surface area contributed by atoms with Gasteiger partial charge in [0.15, 0.2) is 5.57 Å². The molecule has 0 fully saturated rings. The quantitative estimate of drug-likeness (QED) is 0.328. The number of urea groups is 1. The largest absolute Gasteiger partial charge is 0.462 e. The van der Waals surface area contributed by atoms with Crippen molar-refractivity contribution < 1.29 is 18.7 Å². The third-order valence-electron chi connectivity index (χ3n) is 4.68.